The summed E-state index contributed by atoms with van der Waals surface area (Å²) in [5.74, 6) is 0. The second-order valence-electron chi connectivity index (χ2n) is 1.91. The topological polar surface area (TPSA) is 34.1 Å². The van der Waals surface area contributed by atoms with Crippen molar-refractivity contribution in [2.24, 2.45) is 0 Å². The summed E-state index contributed by atoms with van der Waals surface area (Å²) in [5.41, 5.74) is 0. The quantitative estimate of drug-likeness (QED) is 0.452. The van der Waals surface area contributed by atoms with Crippen molar-refractivity contribution in [2.75, 3.05) is 0 Å². The smallest absolute Gasteiger partial charge is 0.207 e. The zero-order valence-electron chi connectivity index (χ0n) is 6.36. The summed E-state index contributed by atoms with van der Waals surface area (Å²) in [6.45, 7) is 0. The maximum atomic E-state index is 10.8. The van der Waals surface area contributed by atoms with Crippen LogP contribution in [0.25, 0.3) is 0 Å². The van der Waals surface area contributed by atoms with E-state index >= 15 is 0 Å². The Bertz CT molecular complexity index is 364. The zero-order valence-corrected chi connectivity index (χ0v) is 10.8. The molecule has 0 bridgehead atoms. The molecule has 1 aromatic carbocycles. The van der Waals surface area contributed by atoms with Gasteiger partial charge in [-0.1, -0.05) is 12.1 Å². The molecule has 12 heavy (non-hydrogen) atoms. The third-order valence-corrected chi connectivity index (χ3v) is 3.05. The molecule has 6 heteroatoms. The van der Waals surface area contributed by atoms with E-state index in [-0.39, 0.29) is 34.5 Å². The molecule has 0 fully saturated rings. The number of benzene rings is 1. The average Bonchev–Trinajstić information content (AvgIpc) is 1.86. The van der Waals surface area contributed by atoms with E-state index < -0.39 is 9.05 Å². The van der Waals surface area contributed by atoms with Crippen LogP contribution < -0.4 is 0 Å². The van der Waals surface area contributed by atoms with Crippen LogP contribution in [0.4, 0.5) is 0 Å². The first-order valence-electron chi connectivity index (χ1n) is 2.74. The predicted octanol–water partition coefficient (Wildman–Crippen LogP) is 1.52. The molecule has 0 aliphatic carbocycles. The molecular formula is C6H5ClNaO2S2. The minimum Gasteiger partial charge on any atom is -0.207 e. The molecule has 0 atom stereocenters. The first kappa shape index (κ1) is 12.8. The van der Waals surface area contributed by atoms with E-state index in [2.05, 4.69) is 12.6 Å². The fourth-order valence-electron chi connectivity index (χ4n) is 0.663. The van der Waals surface area contributed by atoms with E-state index in [1.165, 1.54) is 6.07 Å². The van der Waals surface area contributed by atoms with Crippen molar-refractivity contribution in [3.8, 4) is 0 Å². The molecule has 1 radical (unpaired) electrons. The summed E-state index contributed by atoms with van der Waals surface area (Å²) in [6, 6.07) is 6.26. The van der Waals surface area contributed by atoms with Gasteiger partial charge in [-0.25, -0.2) is 8.42 Å². The maximum Gasteiger partial charge on any atom is 0.262 e. The number of hydrogen-bond donors (Lipinski definition) is 1. The van der Waals surface area contributed by atoms with Gasteiger partial charge in [-0.2, -0.15) is 0 Å². The molecule has 1 rings (SSSR count). The number of hydrogen-bond acceptors (Lipinski definition) is 3. The third kappa shape index (κ3) is 3.28. The monoisotopic (exact) mass is 231 g/mol. The van der Waals surface area contributed by atoms with Gasteiger partial charge in [-0.05, 0) is 12.1 Å². The van der Waals surface area contributed by atoms with E-state index in [4.69, 9.17) is 10.7 Å². The number of rotatable bonds is 1. The minimum atomic E-state index is -3.64. The molecule has 0 unspecified atom stereocenters. The second kappa shape index (κ2) is 4.88. The van der Waals surface area contributed by atoms with E-state index in [0.29, 0.717) is 4.90 Å². The van der Waals surface area contributed by atoms with Crippen LogP contribution in [-0.2, 0) is 9.05 Å². The Labute approximate surface area is 103 Å². The Balaban J connectivity index is 0.00000121. The predicted molar refractivity (Wildman–Crippen MR) is 52.5 cm³/mol. The van der Waals surface area contributed by atoms with Crippen molar-refractivity contribution in [2.45, 2.75) is 9.79 Å². The van der Waals surface area contributed by atoms with Crippen LogP contribution in [0.2, 0.25) is 0 Å². The van der Waals surface area contributed by atoms with Crippen LogP contribution in [-0.4, -0.2) is 38.0 Å². The largest absolute Gasteiger partial charge is 0.262 e. The molecule has 0 aliphatic heterocycles. The van der Waals surface area contributed by atoms with Crippen LogP contribution in [0.3, 0.4) is 0 Å². The molecule has 0 N–H and O–H groups in total. The van der Waals surface area contributed by atoms with Crippen LogP contribution >= 0.6 is 23.3 Å². The van der Waals surface area contributed by atoms with Crippen LogP contribution in [0.1, 0.15) is 0 Å². The molecule has 0 amide bonds. The average molecular weight is 232 g/mol. The van der Waals surface area contributed by atoms with Crippen molar-refractivity contribution in [3.63, 3.8) is 0 Å². The van der Waals surface area contributed by atoms with Gasteiger partial charge in [0.15, 0.2) is 0 Å². The Morgan fingerprint density at radius 2 is 1.75 bits per heavy atom. The summed E-state index contributed by atoms with van der Waals surface area (Å²) >= 11 is 3.93. The fourth-order valence-corrected chi connectivity index (χ4v) is 2.31. The SMILES string of the molecule is O=S(=O)(Cl)c1ccccc1S.[Na]. The second-order valence-corrected chi connectivity index (χ2v) is 4.92. The molecule has 0 saturated heterocycles. The van der Waals surface area contributed by atoms with Gasteiger partial charge in [0.1, 0.15) is 0 Å². The Hall–Kier alpha value is 0.810. The van der Waals surface area contributed by atoms with Gasteiger partial charge in [-0.15, -0.1) is 12.6 Å². The van der Waals surface area contributed by atoms with Crippen molar-refractivity contribution >= 4 is 61.9 Å². The molecular weight excluding hydrogens is 227 g/mol. The zero-order chi connectivity index (χ0) is 8.48. The summed E-state index contributed by atoms with van der Waals surface area (Å²) in [4.78, 5) is 0.410. The van der Waals surface area contributed by atoms with Crippen LogP contribution in [0.15, 0.2) is 34.1 Å². The fraction of sp³-hybridized carbons (Fsp3) is 0. The van der Waals surface area contributed by atoms with E-state index in [9.17, 15) is 8.42 Å². The van der Waals surface area contributed by atoms with Gasteiger partial charge in [0, 0.05) is 45.1 Å². The van der Waals surface area contributed by atoms with Gasteiger partial charge in [0.05, 0.1) is 4.90 Å². The van der Waals surface area contributed by atoms with Gasteiger partial charge < -0.3 is 0 Å². The molecule has 1 aromatic rings. The normalized spacial score (nSPS) is 10.5. The molecule has 0 aliphatic rings. The maximum absolute atomic E-state index is 10.8. The molecule has 2 nitrogen and oxygen atoms in total. The van der Waals surface area contributed by atoms with Gasteiger partial charge >= 0.3 is 0 Å². The Morgan fingerprint density at radius 3 is 2.08 bits per heavy atom. The minimum absolute atomic E-state index is 0. The molecule has 0 heterocycles. The number of halogens is 1. The summed E-state index contributed by atoms with van der Waals surface area (Å²) in [6.07, 6.45) is 0. The molecule has 0 aromatic heterocycles. The van der Waals surface area contributed by atoms with Gasteiger partial charge in [-0.3, -0.25) is 0 Å². The van der Waals surface area contributed by atoms with E-state index in [0.717, 1.165) is 0 Å². The van der Waals surface area contributed by atoms with Crippen molar-refractivity contribution in [3.05, 3.63) is 24.3 Å². The van der Waals surface area contributed by atoms with Crippen LogP contribution in [0.5, 0.6) is 0 Å². The van der Waals surface area contributed by atoms with Crippen molar-refractivity contribution < 1.29 is 8.42 Å². The number of thiol groups is 1. The summed E-state index contributed by atoms with van der Waals surface area (Å²) in [7, 11) is 1.45. The van der Waals surface area contributed by atoms with Crippen LogP contribution in [0, 0.1) is 0 Å². The van der Waals surface area contributed by atoms with Gasteiger partial charge in [0.2, 0.25) is 0 Å². The standard InChI is InChI=1S/C6H5ClO2S2.Na/c7-11(8,9)6-4-2-1-3-5(6)10;/h1-4,10H;. The summed E-state index contributed by atoms with van der Waals surface area (Å²) < 4.78 is 21.5. The molecule has 61 valence electrons. The molecule has 0 spiro atoms. The first-order chi connectivity index (χ1) is 5.02. The Kier molecular flexibility index (Phi) is 5.21. The van der Waals surface area contributed by atoms with Gasteiger partial charge in [0.25, 0.3) is 9.05 Å². The summed E-state index contributed by atoms with van der Waals surface area (Å²) in [5, 5.41) is 0. The first-order valence-corrected chi connectivity index (χ1v) is 5.50. The van der Waals surface area contributed by atoms with Crippen molar-refractivity contribution in [1.82, 2.24) is 0 Å². The Morgan fingerprint density at radius 1 is 1.25 bits per heavy atom. The van der Waals surface area contributed by atoms with E-state index in [1.54, 1.807) is 18.2 Å². The third-order valence-electron chi connectivity index (χ3n) is 1.13. The molecule has 0 saturated carbocycles. The van der Waals surface area contributed by atoms with Crippen molar-refractivity contribution in [1.29, 1.82) is 0 Å². The van der Waals surface area contributed by atoms with E-state index in [1.807, 2.05) is 0 Å².